The quantitative estimate of drug-likeness (QED) is 0.841. The topological polar surface area (TPSA) is 84.1 Å². The summed E-state index contributed by atoms with van der Waals surface area (Å²) in [7, 11) is 1.32. The highest BCUT2D eigenvalue weighted by molar-refractivity contribution is 7.11. The Morgan fingerprint density at radius 1 is 1.26 bits per heavy atom. The molecule has 0 saturated carbocycles. The van der Waals surface area contributed by atoms with Crippen LogP contribution in [-0.4, -0.2) is 29.0 Å². The number of nitrogens with one attached hydrogen (secondary N) is 2. The van der Waals surface area contributed by atoms with Crippen molar-refractivity contribution >= 4 is 23.2 Å². The highest BCUT2D eigenvalue weighted by Crippen LogP contribution is 2.25. The van der Waals surface area contributed by atoms with Gasteiger partial charge in [0.05, 0.1) is 29.4 Å². The average molecular weight is 335 g/mol. The van der Waals surface area contributed by atoms with E-state index in [0.717, 1.165) is 15.6 Å². The zero-order valence-corrected chi connectivity index (χ0v) is 15.0. The average Bonchev–Trinajstić information content (AvgIpc) is 2.97. The Hall–Kier alpha value is -2.15. The Labute approximate surface area is 139 Å². The van der Waals surface area contributed by atoms with E-state index in [1.807, 2.05) is 20.8 Å². The molecule has 0 radical (unpaired) electrons. The summed E-state index contributed by atoms with van der Waals surface area (Å²) < 4.78 is 4.76. The third-order valence-electron chi connectivity index (χ3n) is 3.73. The number of amides is 1. The fourth-order valence-corrected chi connectivity index (χ4v) is 3.60. The number of aryl methyl sites for hydroxylation is 3. The molecule has 0 aliphatic carbocycles. The molecule has 124 valence electrons. The van der Waals surface area contributed by atoms with Crippen LogP contribution >= 0.6 is 11.3 Å². The van der Waals surface area contributed by atoms with E-state index in [-0.39, 0.29) is 11.9 Å². The molecule has 0 spiro atoms. The number of thiazole rings is 1. The maximum atomic E-state index is 12.5. The van der Waals surface area contributed by atoms with Gasteiger partial charge in [0.1, 0.15) is 5.69 Å². The van der Waals surface area contributed by atoms with Crippen LogP contribution in [0.1, 0.15) is 60.6 Å². The lowest BCUT2D eigenvalue weighted by Crippen LogP contribution is -2.27. The summed E-state index contributed by atoms with van der Waals surface area (Å²) in [5.41, 5.74) is 2.94. The monoisotopic (exact) mass is 335 g/mol. The first-order valence-electron chi connectivity index (χ1n) is 7.28. The maximum absolute atomic E-state index is 12.5. The highest BCUT2D eigenvalue weighted by Gasteiger charge is 2.24. The van der Waals surface area contributed by atoms with E-state index in [4.69, 9.17) is 4.74 Å². The molecule has 0 aliphatic rings. The second kappa shape index (κ2) is 6.54. The lowest BCUT2D eigenvalue weighted by molar-refractivity contribution is 0.0599. The molecule has 1 atom stereocenters. The molecule has 0 unspecified atom stereocenters. The summed E-state index contributed by atoms with van der Waals surface area (Å²) in [6, 6.07) is -0.154. The first kappa shape index (κ1) is 17.2. The summed E-state index contributed by atoms with van der Waals surface area (Å²) in [5, 5.41) is 3.92. The summed E-state index contributed by atoms with van der Waals surface area (Å²) in [4.78, 5) is 32.7. The first-order valence-corrected chi connectivity index (χ1v) is 8.10. The van der Waals surface area contributed by atoms with Crippen molar-refractivity contribution in [2.75, 3.05) is 7.11 Å². The van der Waals surface area contributed by atoms with Gasteiger partial charge in [0.25, 0.3) is 5.91 Å². The Morgan fingerprint density at radius 2 is 1.91 bits per heavy atom. The van der Waals surface area contributed by atoms with Crippen LogP contribution < -0.4 is 5.32 Å². The van der Waals surface area contributed by atoms with Crippen LogP contribution in [0.4, 0.5) is 0 Å². The molecule has 23 heavy (non-hydrogen) atoms. The van der Waals surface area contributed by atoms with Crippen LogP contribution in [-0.2, 0) is 4.74 Å². The standard InChI is InChI=1S/C16H21N3O3S/c1-7-12(16(21)22-6)8(2)18-13(7)15(20)19-10(4)14-9(3)17-11(5)23-14/h10,18H,1-6H3,(H,19,20)/t10-/m0/s1. The molecule has 6 nitrogen and oxygen atoms in total. The minimum Gasteiger partial charge on any atom is -0.465 e. The third-order valence-corrected chi connectivity index (χ3v) is 4.99. The van der Waals surface area contributed by atoms with Crippen molar-refractivity contribution in [2.24, 2.45) is 0 Å². The lowest BCUT2D eigenvalue weighted by atomic mass is 10.1. The number of ether oxygens (including phenoxy) is 1. The molecule has 7 heteroatoms. The Balaban J connectivity index is 2.25. The number of H-pyrrole nitrogens is 1. The molecule has 2 rings (SSSR count). The fraction of sp³-hybridized carbons (Fsp3) is 0.438. The van der Waals surface area contributed by atoms with Gasteiger partial charge < -0.3 is 15.0 Å². The van der Waals surface area contributed by atoms with Gasteiger partial charge in [0, 0.05) is 10.6 Å². The zero-order chi connectivity index (χ0) is 17.3. The van der Waals surface area contributed by atoms with Crippen molar-refractivity contribution < 1.29 is 14.3 Å². The number of hydrogen-bond acceptors (Lipinski definition) is 5. The molecule has 2 N–H and O–H groups in total. The zero-order valence-electron chi connectivity index (χ0n) is 14.2. The number of carbonyl (C=O) groups is 2. The van der Waals surface area contributed by atoms with Gasteiger partial charge in [-0.15, -0.1) is 11.3 Å². The van der Waals surface area contributed by atoms with Crippen molar-refractivity contribution in [1.29, 1.82) is 0 Å². The van der Waals surface area contributed by atoms with Gasteiger partial charge in [0.2, 0.25) is 0 Å². The van der Waals surface area contributed by atoms with Crippen LogP contribution in [0, 0.1) is 27.7 Å². The predicted molar refractivity (Wildman–Crippen MR) is 89.1 cm³/mol. The van der Waals surface area contributed by atoms with E-state index in [1.165, 1.54) is 7.11 Å². The molecule has 1 amide bonds. The molecule has 2 aromatic heterocycles. The molecule has 0 aliphatic heterocycles. The van der Waals surface area contributed by atoms with E-state index in [2.05, 4.69) is 15.3 Å². The molecular weight excluding hydrogens is 314 g/mol. The van der Waals surface area contributed by atoms with Gasteiger partial charge in [-0.2, -0.15) is 0 Å². The number of nitrogens with zero attached hydrogens (tertiary/aromatic N) is 1. The van der Waals surface area contributed by atoms with Crippen molar-refractivity contribution in [1.82, 2.24) is 15.3 Å². The Kier molecular flexibility index (Phi) is 4.89. The van der Waals surface area contributed by atoms with Crippen LogP contribution in [0.3, 0.4) is 0 Å². The van der Waals surface area contributed by atoms with Crippen LogP contribution in [0.2, 0.25) is 0 Å². The van der Waals surface area contributed by atoms with E-state index < -0.39 is 5.97 Å². The molecule has 0 saturated heterocycles. The third kappa shape index (κ3) is 3.29. The van der Waals surface area contributed by atoms with Gasteiger partial charge in [0.15, 0.2) is 0 Å². The number of methoxy groups -OCH3 is 1. The second-order valence-electron chi connectivity index (χ2n) is 5.49. The van der Waals surface area contributed by atoms with Gasteiger partial charge in [-0.25, -0.2) is 9.78 Å². The normalized spacial score (nSPS) is 12.1. The van der Waals surface area contributed by atoms with E-state index in [1.54, 1.807) is 25.2 Å². The number of esters is 1. The van der Waals surface area contributed by atoms with Crippen molar-refractivity contribution in [2.45, 2.75) is 40.7 Å². The second-order valence-corrected chi connectivity index (χ2v) is 6.73. The molecule has 2 aromatic rings. The van der Waals surface area contributed by atoms with Gasteiger partial charge in [-0.1, -0.05) is 0 Å². The SMILES string of the molecule is COC(=O)c1c(C)[nH]c(C(=O)N[C@@H](C)c2sc(C)nc2C)c1C. The molecule has 2 heterocycles. The highest BCUT2D eigenvalue weighted by atomic mass is 32.1. The summed E-state index contributed by atoms with van der Waals surface area (Å²) in [6.45, 7) is 9.27. The maximum Gasteiger partial charge on any atom is 0.339 e. The minimum atomic E-state index is -0.447. The first-order chi connectivity index (χ1) is 10.8. The van der Waals surface area contributed by atoms with Crippen LogP contribution in [0.15, 0.2) is 0 Å². The van der Waals surface area contributed by atoms with E-state index >= 15 is 0 Å². The number of aromatic amines is 1. The van der Waals surface area contributed by atoms with Crippen molar-refractivity contribution in [3.63, 3.8) is 0 Å². The number of rotatable bonds is 4. The summed E-state index contributed by atoms with van der Waals surface area (Å²) >= 11 is 1.57. The predicted octanol–water partition coefficient (Wildman–Crippen LogP) is 2.98. The van der Waals surface area contributed by atoms with E-state index in [0.29, 0.717) is 22.5 Å². The number of hydrogen-bond donors (Lipinski definition) is 2. The summed E-state index contributed by atoms with van der Waals surface area (Å²) in [6.07, 6.45) is 0. The fourth-order valence-electron chi connectivity index (χ4n) is 2.67. The van der Waals surface area contributed by atoms with Gasteiger partial charge in [-0.05, 0) is 40.2 Å². The molecule has 0 bridgehead atoms. The smallest absolute Gasteiger partial charge is 0.339 e. The van der Waals surface area contributed by atoms with Crippen LogP contribution in [0.25, 0.3) is 0 Å². The van der Waals surface area contributed by atoms with Crippen molar-refractivity contribution in [3.05, 3.63) is 38.1 Å². The van der Waals surface area contributed by atoms with Crippen molar-refractivity contribution in [3.8, 4) is 0 Å². The largest absolute Gasteiger partial charge is 0.465 e. The number of carbonyl (C=O) groups excluding carboxylic acids is 2. The Morgan fingerprint density at radius 3 is 2.43 bits per heavy atom. The van der Waals surface area contributed by atoms with E-state index in [9.17, 15) is 9.59 Å². The Bertz CT molecular complexity index is 761. The molecule has 0 aromatic carbocycles. The summed E-state index contributed by atoms with van der Waals surface area (Å²) in [5.74, 6) is -0.698. The molecule has 0 fully saturated rings. The number of aromatic nitrogens is 2. The lowest BCUT2D eigenvalue weighted by Gasteiger charge is -2.12. The van der Waals surface area contributed by atoms with Crippen LogP contribution in [0.5, 0.6) is 0 Å². The van der Waals surface area contributed by atoms with Gasteiger partial charge in [-0.3, -0.25) is 4.79 Å². The minimum absolute atomic E-state index is 0.154. The van der Waals surface area contributed by atoms with Gasteiger partial charge >= 0.3 is 5.97 Å². The molecular formula is C16H21N3O3S.